The molecular weight excluding hydrogens is 410 g/mol. The topological polar surface area (TPSA) is 69.6 Å². The molecule has 7 heteroatoms. The average molecular weight is 425 g/mol. The van der Waals surface area contributed by atoms with Gasteiger partial charge in [-0.05, 0) is 53.4 Å². The fourth-order valence-electron chi connectivity index (χ4n) is 2.54. The van der Waals surface area contributed by atoms with Crippen molar-refractivity contribution in [3.8, 4) is 0 Å². The Morgan fingerprint density at radius 3 is 2.59 bits per heavy atom. The van der Waals surface area contributed by atoms with Crippen molar-refractivity contribution in [3.63, 3.8) is 0 Å². The molecule has 0 aromatic carbocycles. The molecule has 3 aromatic heterocycles. The number of anilines is 1. The summed E-state index contributed by atoms with van der Waals surface area (Å²) in [6.45, 7) is 6.78. The van der Waals surface area contributed by atoms with Crippen LogP contribution in [0.4, 0.5) is 5.95 Å². The molecule has 0 aliphatic rings. The number of fused-ring (bicyclic) bond motifs is 1. The van der Waals surface area contributed by atoms with Crippen LogP contribution in [0, 0.1) is 20.8 Å². The Labute approximate surface area is 145 Å². The molecule has 0 unspecified atom stereocenters. The summed E-state index contributed by atoms with van der Waals surface area (Å²) in [5, 5.41) is 0.984. The number of pyridine rings is 1. The normalized spacial score (nSPS) is 11.3. The van der Waals surface area contributed by atoms with Gasteiger partial charge in [0.05, 0.1) is 17.6 Å². The quantitative estimate of drug-likeness (QED) is 0.633. The molecule has 0 amide bonds. The smallest absolute Gasteiger partial charge is 0.223 e. The fraction of sp³-hybridized carbons (Fsp3) is 0.267. The number of hydrogen-bond acceptors (Lipinski definition) is 4. The Balaban J connectivity index is 2.14. The molecule has 0 aliphatic heterocycles. The summed E-state index contributed by atoms with van der Waals surface area (Å²) in [5.41, 5.74) is 11.0. The van der Waals surface area contributed by atoms with Crippen LogP contribution < -0.4 is 5.73 Å². The molecule has 0 bridgehead atoms. The van der Waals surface area contributed by atoms with Crippen LogP contribution in [0.2, 0.25) is 0 Å². The first-order valence-corrected chi connectivity index (χ1v) is 8.36. The third-order valence-corrected chi connectivity index (χ3v) is 5.52. The number of halogens is 2. The van der Waals surface area contributed by atoms with E-state index in [1.807, 2.05) is 20.0 Å². The van der Waals surface area contributed by atoms with Gasteiger partial charge in [-0.2, -0.15) is 4.98 Å². The lowest BCUT2D eigenvalue weighted by Crippen LogP contribution is -2.06. The van der Waals surface area contributed by atoms with Crippen molar-refractivity contribution in [2.75, 3.05) is 5.73 Å². The molecule has 22 heavy (non-hydrogen) atoms. The Kier molecular flexibility index (Phi) is 3.94. The summed E-state index contributed by atoms with van der Waals surface area (Å²) in [5.74, 6) is 0.258. The molecule has 0 saturated carbocycles. The monoisotopic (exact) mass is 423 g/mol. The van der Waals surface area contributed by atoms with Gasteiger partial charge in [-0.15, -0.1) is 0 Å². The van der Waals surface area contributed by atoms with Crippen LogP contribution in [-0.4, -0.2) is 19.5 Å². The molecule has 0 spiro atoms. The number of rotatable bonds is 2. The second kappa shape index (κ2) is 5.62. The van der Waals surface area contributed by atoms with Gasteiger partial charge >= 0.3 is 0 Å². The molecule has 3 heterocycles. The molecular formula is C15H15Br2N5. The lowest BCUT2D eigenvalue weighted by atomic mass is 10.1. The Bertz CT molecular complexity index is 886. The number of nitrogens with zero attached hydrogens (tertiary/aromatic N) is 4. The summed E-state index contributed by atoms with van der Waals surface area (Å²) in [6.07, 6.45) is 3.93. The summed E-state index contributed by atoms with van der Waals surface area (Å²) in [4.78, 5) is 13.1. The Morgan fingerprint density at radius 1 is 1.14 bits per heavy atom. The standard InChI is InChI=1S/C15H15Br2N5/c1-7-4-19-10(9(3)12(7)16)6-22-5-8(2)11-13(17)20-15(18)21-14(11)22/h4-5H,6H2,1-3H3,(H2,18,20,21). The first kappa shape index (κ1) is 15.4. The third kappa shape index (κ3) is 2.52. The van der Waals surface area contributed by atoms with E-state index in [0.717, 1.165) is 42.5 Å². The largest absolute Gasteiger partial charge is 0.368 e. The van der Waals surface area contributed by atoms with Crippen LogP contribution in [0.1, 0.15) is 22.4 Å². The van der Waals surface area contributed by atoms with Crippen molar-refractivity contribution in [2.45, 2.75) is 27.3 Å². The number of nitrogens with two attached hydrogens (primary N) is 1. The van der Waals surface area contributed by atoms with Crippen LogP contribution >= 0.6 is 31.9 Å². The Morgan fingerprint density at radius 2 is 1.86 bits per heavy atom. The predicted octanol–water partition coefficient (Wildman–Crippen LogP) is 3.91. The van der Waals surface area contributed by atoms with Gasteiger partial charge in [-0.3, -0.25) is 4.98 Å². The minimum Gasteiger partial charge on any atom is -0.368 e. The van der Waals surface area contributed by atoms with Crippen molar-refractivity contribution < 1.29 is 0 Å². The average Bonchev–Trinajstić information content (AvgIpc) is 2.76. The third-order valence-electron chi connectivity index (χ3n) is 3.72. The van der Waals surface area contributed by atoms with Gasteiger partial charge in [-0.25, -0.2) is 4.98 Å². The molecule has 0 aliphatic carbocycles. The molecule has 114 valence electrons. The SMILES string of the molecule is Cc1cnc(Cn2cc(C)c3c(Br)nc(N)nc32)c(C)c1Br. The van der Waals surface area contributed by atoms with Crippen LogP contribution in [0.25, 0.3) is 11.0 Å². The van der Waals surface area contributed by atoms with Gasteiger partial charge in [0.1, 0.15) is 10.3 Å². The highest BCUT2D eigenvalue weighted by atomic mass is 79.9. The van der Waals surface area contributed by atoms with Gasteiger partial charge in [-0.1, -0.05) is 15.9 Å². The maximum absolute atomic E-state index is 5.78. The molecule has 3 aromatic rings. The second-order valence-electron chi connectivity index (χ2n) is 5.34. The van der Waals surface area contributed by atoms with E-state index in [9.17, 15) is 0 Å². The van der Waals surface area contributed by atoms with Gasteiger partial charge in [0.25, 0.3) is 0 Å². The predicted molar refractivity (Wildman–Crippen MR) is 94.9 cm³/mol. The fourth-order valence-corrected chi connectivity index (χ4v) is 3.54. The zero-order chi connectivity index (χ0) is 16.0. The highest BCUT2D eigenvalue weighted by Gasteiger charge is 2.14. The number of hydrogen-bond donors (Lipinski definition) is 1. The first-order chi connectivity index (χ1) is 10.4. The number of aryl methyl sites for hydroxylation is 2. The summed E-state index contributed by atoms with van der Waals surface area (Å²) in [6, 6.07) is 0. The van der Waals surface area contributed by atoms with Crippen molar-refractivity contribution in [1.29, 1.82) is 0 Å². The van der Waals surface area contributed by atoms with Crippen molar-refractivity contribution in [2.24, 2.45) is 0 Å². The second-order valence-corrected chi connectivity index (χ2v) is 6.88. The van der Waals surface area contributed by atoms with Crippen molar-refractivity contribution >= 4 is 48.8 Å². The van der Waals surface area contributed by atoms with E-state index in [-0.39, 0.29) is 5.95 Å². The molecule has 0 radical (unpaired) electrons. The summed E-state index contributed by atoms with van der Waals surface area (Å²) < 4.78 is 3.88. The Hall–Kier alpha value is -1.47. The lowest BCUT2D eigenvalue weighted by Gasteiger charge is -2.10. The molecule has 5 nitrogen and oxygen atoms in total. The minimum absolute atomic E-state index is 0.258. The van der Waals surface area contributed by atoms with Crippen molar-refractivity contribution in [1.82, 2.24) is 19.5 Å². The number of nitrogen functional groups attached to an aromatic ring is 1. The molecule has 3 rings (SSSR count). The van der Waals surface area contributed by atoms with Gasteiger partial charge in [0.15, 0.2) is 0 Å². The van der Waals surface area contributed by atoms with E-state index in [1.54, 1.807) is 0 Å². The van der Waals surface area contributed by atoms with E-state index in [2.05, 4.69) is 64.5 Å². The minimum atomic E-state index is 0.258. The van der Waals surface area contributed by atoms with E-state index in [1.165, 1.54) is 0 Å². The van der Waals surface area contributed by atoms with E-state index < -0.39 is 0 Å². The zero-order valence-corrected chi connectivity index (χ0v) is 15.7. The maximum Gasteiger partial charge on any atom is 0.223 e. The zero-order valence-electron chi connectivity index (χ0n) is 12.5. The maximum atomic E-state index is 5.78. The van der Waals surface area contributed by atoms with Gasteiger partial charge in [0.2, 0.25) is 5.95 Å². The lowest BCUT2D eigenvalue weighted by molar-refractivity contribution is 0.785. The first-order valence-electron chi connectivity index (χ1n) is 6.77. The van der Waals surface area contributed by atoms with Gasteiger partial charge in [0, 0.05) is 16.9 Å². The van der Waals surface area contributed by atoms with Gasteiger partial charge < -0.3 is 10.3 Å². The van der Waals surface area contributed by atoms with E-state index >= 15 is 0 Å². The van der Waals surface area contributed by atoms with Crippen LogP contribution in [0.3, 0.4) is 0 Å². The van der Waals surface area contributed by atoms with E-state index in [4.69, 9.17) is 5.73 Å². The summed E-state index contributed by atoms with van der Waals surface area (Å²) in [7, 11) is 0. The number of aromatic nitrogens is 4. The molecule has 2 N–H and O–H groups in total. The summed E-state index contributed by atoms with van der Waals surface area (Å²) >= 11 is 7.08. The van der Waals surface area contributed by atoms with E-state index in [0.29, 0.717) is 6.54 Å². The highest BCUT2D eigenvalue weighted by molar-refractivity contribution is 9.10. The molecule has 0 fully saturated rings. The van der Waals surface area contributed by atoms with Crippen LogP contribution in [-0.2, 0) is 6.54 Å². The van der Waals surface area contributed by atoms with Crippen LogP contribution in [0.5, 0.6) is 0 Å². The van der Waals surface area contributed by atoms with Crippen LogP contribution in [0.15, 0.2) is 21.5 Å². The molecule has 0 saturated heterocycles. The highest BCUT2D eigenvalue weighted by Crippen LogP contribution is 2.28. The molecule has 0 atom stereocenters. The van der Waals surface area contributed by atoms with Crippen molar-refractivity contribution in [3.05, 3.63) is 43.9 Å².